The Morgan fingerprint density at radius 1 is 1.24 bits per heavy atom. The first kappa shape index (κ1) is 18.8. The number of aromatic hydroxyl groups is 1. The Hall–Kier alpha value is -2.50. The van der Waals surface area contributed by atoms with Crippen molar-refractivity contribution in [2.75, 3.05) is 21.0 Å². The second-order valence-electron chi connectivity index (χ2n) is 5.26. The third kappa shape index (κ3) is 4.53. The highest BCUT2D eigenvalue weighted by molar-refractivity contribution is 6.32. The molecular formula is C19H19ClO5. The molecule has 0 saturated heterocycles. The van der Waals surface area contributed by atoms with Gasteiger partial charge < -0.3 is 19.3 Å². The maximum atomic E-state index is 12.4. The van der Waals surface area contributed by atoms with E-state index in [1.165, 1.54) is 32.4 Å². The van der Waals surface area contributed by atoms with Gasteiger partial charge >= 0.3 is 0 Å². The molecule has 0 aromatic heterocycles. The molecule has 0 bridgehead atoms. The fourth-order valence-corrected chi connectivity index (χ4v) is 2.44. The zero-order valence-corrected chi connectivity index (χ0v) is 15.0. The van der Waals surface area contributed by atoms with Crippen LogP contribution in [-0.4, -0.2) is 31.9 Å². The Labute approximate surface area is 151 Å². The van der Waals surface area contributed by atoms with Gasteiger partial charge in [-0.1, -0.05) is 17.7 Å². The van der Waals surface area contributed by atoms with Crippen molar-refractivity contribution in [1.29, 1.82) is 0 Å². The number of ketones is 1. The monoisotopic (exact) mass is 362 g/mol. The number of phenolic OH excluding ortho intramolecular Hbond substituents is 1. The van der Waals surface area contributed by atoms with Gasteiger partial charge in [-0.2, -0.15) is 0 Å². The van der Waals surface area contributed by atoms with Gasteiger partial charge in [0, 0.05) is 7.11 Å². The molecule has 0 heterocycles. The maximum Gasteiger partial charge on any atom is 0.189 e. The molecule has 0 aliphatic heterocycles. The van der Waals surface area contributed by atoms with E-state index in [2.05, 4.69) is 0 Å². The average Bonchev–Trinajstić information content (AvgIpc) is 2.60. The Morgan fingerprint density at radius 2 is 1.96 bits per heavy atom. The summed E-state index contributed by atoms with van der Waals surface area (Å²) in [6.45, 7) is 1.97. The van der Waals surface area contributed by atoms with Crippen LogP contribution >= 0.6 is 11.6 Å². The third-order valence-electron chi connectivity index (χ3n) is 3.45. The summed E-state index contributed by atoms with van der Waals surface area (Å²) in [5.41, 5.74) is 1.66. The Morgan fingerprint density at radius 3 is 2.64 bits per heavy atom. The topological polar surface area (TPSA) is 65.0 Å². The lowest BCUT2D eigenvalue weighted by Crippen LogP contribution is -2.02. The highest BCUT2D eigenvalue weighted by atomic mass is 35.5. The van der Waals surface area contributed by atoms with E-state index >= 15 is 0 Å². The van der Waals surface area contributed by atoms with Gasteiger partial charge in [-0.3, -0.25) is 4.79 Å². The zero-order chi connectivity index (χ0) is 18.4. The largest absolute Gasteiger partial charge is 0.506 e. The lowest BCUT2D eigenvalue weighted by molar-refractivity contribution is 0.0508. The molecule has 0 aliphatic carbocycles. The van der Waals surface area contributed by atoms with Crippen molar-refractivity contribution in [2.24, 2.45) is 0 Å². The second kappa shape index (κ2) is 8.55. The third-order valence-corrected chi connectivity index (χ3v) is 3.76. The first-order valence-corrected chi connectivity index (χ1v) is 7.86. The lowest BCUT2D eigenvalue weighted by atomic mass is 10.1. The van der Waals surface area contributed by atoms with E-state index < -0.39 is 0 Å². The number of allylic oxidation sites excluding steroid dienone is 1. The number of carbonyl (C=O) groups excluding carboxylic acids is 1. The van der Waals surface area contributed by atoms with Crippen LogP contribution in [0.25, 0.3) is 6.08 Å². The summed E-state index contributed by atoms with van der Waals surface area (Å²) >= 11 is 5.84. The normalized spacial score (nSPS) is 10.9. The molecule has 5 nitrogen and oxygen atoms in total. The van der Waals surface area contributed by atoms with E-state index in [0.717, 1.165) is 5.56 Å². The number of aryl methyl sites for hydroxylation is 1. The molecule has 2 rings (SSSR count). The zero-order valence-electron chi connectivity index (χ0n) is 14.2. The fourth-order valence-electron chi connectivity index (χ4n) is 2.27. The minimum Gasteiger partial charge on any atom is -0.506 e. The van der Waals surface area contributed by atoms with Crippen molar-refractivity contribution in [3.05, 3.63) is 58.1 Å². The highest BCUT2D eigenvalue weighted by Crippen LogP contribution is 2.33. The van der Waals surface area contributed by atoms with Gasteiger partial charge in [0.2, 0.25) is 0 Å². The van der Waals surface area contributed by atoms with Crippen molar-refractivity contribution in [3.8, 4) is 17.2 Å². The van der Waals surface area contributed by atoms with Gasteiger partial charge in [-0.15, -0.1) is 0 Å². The van der Waals surface area contributed by atoms with E-state index in [-0.39, 0.29) is 28.9 Å². The van der Waals surface area contributed by atoms with Gasteiger partial charge in [-0.25, -0.2) is 0 Å². The van der Waals surface area contributed by atoms with E-state index in [9.17, 15) is 9.90 Å². The molecule has 132 valence electrons. The first-order valence-electron chi connectivity index (χ1n) is 7.48. The molecule has 1 N–H and O–H groups in total. The van der Waals surface area contributed by atoms with Crippen LogP contribution in [0.2, 0.25) is 5.02 Å². The van der Waals surface area contributed by atoms with E-state index in [4.69, 9.17) is 25.8 Å². The van der Waals surface area contributed by atoms with E-state index in [1.54, 1.807) is 12.1 Å². The Kier molecular flexibility index (Phi) is 6.44. The standard InChI is InChI=1S/C19H19ClO5/c1-12-9-17(24-3)14(18(10-12)25-11-23-2)7-8-16(21)13-5-4-6-15(20)19(13)22/h4-10,22H,11H2,1-3H3/b8-7+. The summed E-state index contributed by atoms with van der Waals surface area (Å²) in [7, 11) is 3.06. The van der Waals surface area contributed by atoms with Crippen LogP contribution in [0.15, 0.2) is 36.4 Å². The number of methoxy groups -OCH3 is 2. The van der Waals surface area contributed by atoms with Crippen LogP contribution in [0.3, 0.4) is 0 Å². The van der Waals surface area contributed by atoms with E-state index in [0.29, 0.717) is 17.1 Å². The number of rotatable bonds is 7. The lowest BCUT2D eigenvalue weighted by Gasteiger charge is -2.13. The first-order chi connectivity index (χ1) is 12.0. The molecule has 25 heavy (non-hydrogen) atoms. The van der Waals surface area contributed by atoms with Gasteiger partial charge in [0.25, 0.3) is 0 Å². The number of benzene rings is 2. The minimum absolute atomic E-state index is 0.0659. The quantitative estimate of drug-likeness (QED) is 0.453. The van der Waals surface area contributed by atoms with Crippen molar-refractivity contribution < 1.29 is 24.1 Å². The number of hydrogen-bond donors (Lipinski definition) is 1. The van der Waals surface area contributed by atoms with Crippen molar-refractivity contribution in [3.63, 3.8) is 0 Å². The number of hydrogen-bond acceptors (Lipinski definition) is 5. The molecule has 2 aromatic rings. The van der Waals surface area contributed by atoms with Crippen molar-refractivity contribution >= 4 is 23.5 Å². The SMILES string of the molecule is COCOc1cc(C)cc(OC)c1/C=C/C(=O)c1cccc(Cl)c1O. The maximum absolute atomic E-state index is 12.4. The van der Waals surface area contributed by atoms with Gasteiger partial charge in [0.05, 0.1) is 23.3 Å². The van der Waals surface area contributed by atoms with Gasteiger partial charge in [0.1, 0.15) is 17.2 Å². The van der Waals surface area contributed by atoms with Crippen LogP contribution in [0, 0.1) is 6.92 Å². The smallest absolute Gasteiger partial charge is 0.189 e. The van der Waals surface area contributed by atoms with Crippen LogP contribution in [0.1, 0.15) is 21.5 Å². The molecule has 0 atom stereocenters. The van der Waals surface area contributed by atoms with Crippen LogP contribution in [0.4, 0.5) is 0 Å². The second-order valence-corrected chi connectivity index (χ2v) is 5.67. The Balaban J connectivity index is 2.39. The predicted molar refractivity (Wildman–Crippen MR) is 96.7 cm³/mol. The molecule has 0 unspecified atom stereocenters. The number of carbonyl (C=O) groups is 1. The molecular weight excluding hydrogens is 344 g/mol. The summed E-state index contributed by atoms with van der Waals surface area (Å²) in [6, 6.07) is 8.27. The molecule has 0 fully saturated rings. The van der Waals surface area contributed by atoms with E-state index in [1.807, 2.05) is 19.1 Å². The summed E-state index contributed by atoms with van der Waals surface area (Å²) in [5, 5.41) is 10.0. The van der Waals surface area contributed by atoms with Crippen LogP contribution < -0.4 is 9.47 Å². The van der Waals surface area contributed by atoms with Gasteiger partial charge in [-0.05, 0) is 48.9 Å². The molecule has 0 amide bonds. The fraction of sp³-hybridized carbons (Fsp3) is 0.211. The predicted octanol–water partition coefficient (Wildman–Crippen LogP) is 4.24. The summed E-state index contributed by atoms with van der Waals surface area (Å²) in [6.07, 6.45) is 2.91. The molecule has 0 aliphatic rings. The van der Waals surface area contributed by atoms with Gasteiger partial charge in [0.15, 0.2) is 12.6 Å². The van der Waals surface area contributed by atoms with Crippen LogP contribution in [0.5, 0.6) is 17.2 Å². The number of phenols is 1. The summed E-state index contributed by atoms with van der Waals surface area (Å²) < 4.78 is 15.9. The number of halogens is 1. The molecule has 2 aromatic carbocycles. The minimum atomic E-state index is -0.389. The van der Waals surface area contributed by atoms with Crippen molar-refractivity contribution in [1.82, 2.24) is 0 Å². The van der Waals surface area contributed by atoms with Crippen LogP contribution in [-0.2, 0) is 4.74 Å². The molecule has 0 saturated carbocycles. The Bertz CT molecular complexity index is 799. The molecule has 0 radical (unpaired) electrons. The number of ether oxygens (including phenoxy) is 3. The van der Waals surface area contributed by atoms with Crippen molar-refractivity contribution in [2.45, 2.75) is 6.92 Å². The number of para-hydroxylation sites is 1. The molecule has 6 heteroatoms. The average molecular weight is 363 g/mol. The summed E-state index contributed by atoms with van der Waals surface area (Å²) in [4.78, 5) is 12.4. The highest BCUT2D eigenvalue weighted by Gasteiger charge is 2.13. The molecule has 0 spiro atoms. The summed E-state index contributed by atoms with van der Waals surface area (Å²) in [5.74, 6) is 0.453.